The number of nitrogens with one attached hydrogen (secondary N) is 1. The van der Waals surface area contributed by atoms with Gasteiger partial charge in [-0.25, -0.2) is 0 Å². The van der Waals surface area contributed by atoms with Crippen LogP contribution in [0, 0.1) is 0 Å². The maximum atomic E-state index is 5.77. The quantitative estimate of drug-likeness (QED) is 0.793. The Balaban J connectivity index is 2.07. The molecule has 15 heavy (non-hydrogen) atoms. The van der Waals surface area contributed by atoms with Crippen molar-refractivity contribution in [3.05, 3.63) is 29.3 Å². The van der Waals surface area contributed by atoms with Crippen LogP contribution in [0.5, 0.6) is 0 Å². The summed E-state index contributed by atoms with van der Waals surface area (Å²) in [4.78, 5) is 0. The lowest BCUT2D eigenvalue weighted by Gasteiger charge is -2.18. The van der Waals surface area contributed by atoms with Crippen molar-refractivity contribution in [2.24, 2.45) is 5.73 Å². The number of hydrogen-bond donors (Lipinski definition) is 2. The maximum Gasteiger partial charge on any atom is 0.0372 e. The molecule has 1 atom stereocenters. The fourth-order valence-corrected chi connectivity index (χ4v) is 2.08. The zero-order chi connectivity index (χ0) is 10.7. The van der Waals surface area contributed by atoms with Gasteiger partial charge < -0.3 is 11.1 Å². The first kappa shape index (κ1) is 10.5. The van der Waals surface area contributed by atoms with Crippen molar-refractivity contribution >= 4 is 5.69 Å². The molecule has 1 unspecified atom stereocenters. The second kappa shape index (κ2) is 4.67. The number of anilines is 1. The molecule has 1 aliphatic heterocycles. The molecule has 0 aliphatic carbocycles. The van der Waals surface area contributed by atoms with Crippen molar-refractivity contribution in [1.29, 1.82) is 0 Å². The number of nitrogens with two attached hydrogens (primary N) is 1. The van der Waals surface area contributed by atoms with Crippen molar-refractivity contribution in [1.82, 2.24) is 0 Å². The molecule has 1 heterocycles. The first-order valence-corrected chi connectivity index (χ1v) is 5.87. The maximum absolute atomic E-state index is 5.77. The minimum atomic E-state index is 0.305. The molecular weight excluding hydrogens is 184 g/mol. The van der Waals surface area contributed by atoms with E-state index in [9.17, 15) is 0 Å². The van der Waals surface area contributed by atoms with E-state index in [1.54, 1.807) is 0 Å². The summed E-state index contributed by atoms with van der Waals surface area (Å²) in [7, 11) is 0. The Bertz CT molecular complexity index is 331. The molecule has 2 heteroatoms. The lowest BCUT2D eigenvalue weighted by molar-refractivity contribution is 0.665. The summed E-state index contributed by atoms with van der Waals surface area (Å²) >= 11 is 0. The van der Waals surface area contributed by atoms with Gasteiger partial charge in [-0.2, -0.15) is 0 Å². The zero-order valence-electron chi connectivity index (χ0n) is 9.42. The fourth-order valence-electron chi connectivity index (χ4n) is 2.08. The largest absolute Gasteiger partial charge is 0.385 e. The Morgan fingerprint density at radius 2 is 2.33 bits per heavy atom. The van der Waals surface area contributed by atoms with Gasteiger partial charge in [-0.3, -0.25) is 0 Å². The van der Waals surface area contributed by atoms with Gasteiger partial charge in [-0.15, -0.1) is 0 Å². The highest BCUT2D eigenvalue weighted by atomic mass is 14.9. The SMILES string of the molecule is CC(N)CCc1ccc2c(c1)CCCN2. The monoisotopic (exact) mass is 204 g/mol. The number of aryl methyl sites for hydroxylation is 2. The van der Waals surface area contributed by atoms with Gasteiger partial charge in [0.05, 0.1) is 0 Å². The first-order valence-electron chi connectivity index (χ1n) is 5.87. The summed E-state index contributed by atoms with van der Waals surface area (Å²) < 4.78 is 0. The van der Waals surface area contributed by atoms with Gasteiger partial charge in [0.2, 0.25) is 0 Å². The van der Waals surface area contributed by atoms with Gasteiger partial charge in [-0.05, 0) is 49.8 Å². The predicted octanol–water partition coefficient (Wildman–Crippen LogP) is 2.32. The van der Waals surface area contributed by atoms with Crippen LogP contribution in [-0.2, 0) is 12.8 Å². The normalized spacial score (nSPS) is 16.7. The summed E-state index contributed by atoms with van der Waals surface area (Å²) in [6, 6.07) is 7.08. The fraction of sp³-hybridized carbons (Fsp3) is 0.538. The van der Waals surface area contributed by atoms with Gasteiger partial charge in [0.25, 0.3) is 0 Å². The Labute approximate surface area is 91.9 Å². The van der Waals surface area contributed by atoms with Gasteiger partial charge >= 0.3 is 0 Å². The Hall–Kier alpha value is -1.02. The molecule has 1 aromatic rings. The molecule has 0 bridgehead atoms. The lowest BCUT2D eigenvalue weighted by Crippen LogP contribution is -2.16. The molecule has 0 fully saturated rings. The van der Waals surface area contributed by atoms with Gasteiger partial charge in [0.1, 0.15) is 0 Å². The van der Waals surface area contributed by atoms with Crippen LogP contribution in [0.1, 0.15) is 30.9 Å². The van der Waals surface area contributed by atoms with Crippen molar-refractivity contribution in [3.8, 4) is 0 Å². The van der Waals surface area contributed by atoms with Crippen LogP contribution < -0.4 is 11.1 Å². The Morgan fingerprint density at radius 3 is 3.13 bits per heavy atom. The molecule has 1 aliphatic rings. The van der Waals surface area contributed by atoms with Crippen molar-refractivity contribution in [3.63, 3.8) is 0 Å². The molecule has 0 radical (unpaired) electrons. The van der Waals surface area contributed by atoms with E-state index >= 15 is 0 Å². The molecule has 0 saturated carbocycles. The van der Waals surface area contributed by atoms with Gasteiger partial charge in [0.15, 0.2) is 0 Å². The van der Waals surface area contributed by atoms with Gasteiger partial charge in [0, 0.05) is 18.3 Å². The number of benzene rings is 1. The van der Waals surface area contributed by atoms with Crippen LogP contribution in [0.3, 0.4) is 0 Å². The molecule has 0 aromatic heterocycles. The summed E-state index contributed by atoms with van der Waals surface area (Å²) in [6.45, 7) is 3.19. The van der Waals surface area contributed by atoms with E-state index in [0.29, 0.717) is 6.04 Å². The zero-order valence-corrected chi connectivity index (χ0v) is 9.42. The lowest BCUT2D eigenvalue weighted by atomic mass is 9.98. The van der Waals surface area contributed by atoms with Crippen molar-refractivity contribution < 1.29 is 0 Å². The third-order valence-corrected chi connectivity index (χ3v) is 3.00. The minimum absolute atomic E-state index is 0.305. The first-order chi connectivity index (χ1) is 7.25. The summed E-state index contributed by atoms with van der Waals surface area (Å²) in [6.07, 6.45) is 4.65. The van der Waals surface area contributed by atoms with Crippen molar-refractivity contribution in [2.75, 3.05) is 11.9 Å². The Kier molecular flexibility index (Phi) is 3.27. The van der Waals surface area contributed by atoms with Crippen LogP contribution in [0.4, 0.5) is 5.69 Å². The summed E-state index contributed by atoms with van der Waals surface area (Å²) in [5.41, 5.74) is 9.99. The third-order valence-electron chi connectivity index (χ3n) is 3.00. The number of rotatable bonds is 3. The van der Waals surface area contributed by atoms with Crippen LogP contribution in [0.15, 0.2) is 18.2 Å². The Morgan fingerprint density at radius 1 is 1.47 bits per heavy atom. The average Bonchev–Trinajstić information content (AvgIpc) is 2.26. The molecule has 0 amide bonds. The number of fused-ring (bicyclic) bond motifs is 1. The van der Waals surface area contributed by atoms with E-state index in [1.165, 1.54) is 29.7 Å². The predicted molar refractivity (Wildman–Crippen MR) is 65.2 cm³/mol. The van der Waals surface area contributed by atoms with Gasteiger partial charge in [-0.1, -0.05) is 12.1 Å². The third kappa shape index (κ3) is 2.72. The van der Waals surface area contributed by atoms with Crippen LogP contribution in [-0.4, -0.2) is 12.6 Å². The molecule has 2 nitrogen and oxygen atoms in total. The van der Waals surface area contributed by atoms with E-state index in [1.807, 2.05) is 0 Å². The summed E-state index contributed by atoms with van der Waals surface area (Å²) in [5, 5.41) is 3.43. The second-order valence-electron chi connectivity index (χ2n) is 4.54. The molecular formula is C13H20N2. The van der Waals surface area contributed by atoms with E-state index in [4.69, 9.17) is 5.73 Å². The number of hydrogen-bond acceptors (Lipinski definition) is 2. The standard InChI is InChI=1S/C13H20N2/c1-10(14)4-5-11-6-7-13-12(9-11)3-2-8-15-13/h6-7,9-10,15H,2-5,8,14H2,1H3. The van der Waals surface area contributed by atoms with E-state index in [2.05, 4.69) is 30.4 Å². The summed E-state index contributed by atoms with van der Waals surface area (Å²) in [5.74, 6) is 0. The highest BCUT2D eigenvalue weighted by Gasteiger charge is 2.08. The molecule has 82 valence electrons. The smallest absolute Gasteiger partial charge is 0.0372 e. The van der Waals surface area contributed by atoms with E-state index in [0.717, 1.165) is 19.4 Å². The van der Waals surface area contributed by atoms with Crippen LogP contribution >= 0.6 is 0 Å². The molecule has 3 N–H and O–H groups in total. The van der Waals surface area contributed by atoms with E-state index in [-0.39, 0.29) is 0 Å². The highest BCUT2D eigenvalue weighted by molar-refractivity contribution is 5.54. The minimum Gasteiger partial charge on any atom is -0.385 e. The average molecular weight is 204 g/mol. The van der Waals surface area contributed by atoms with Crippen LogP contribution in [0.2, 0.25) is 0 Å². The topological polar surface area (TPSA) is 38.0 Å². The molecule has 1 aromatic carbocycles. The molecule has 2 rings (SSSR count). The highest BCUT2D eigenvalue weighted by Crippen LogP contribution is 2.23. The van der Waals surface area contributed by atoms with Crippen molar-refractivity contribution in [2.45, 2.75) is 38.6 Å². The van der Waals surface area contributed by atoms with Crippen LogP contribution in [0.25, 0.3) is 0 Å². The second-order valence-corrected chi connectivity index (χ2v) is 4.54. The molecule has 0 spiro atoms. The van der Waals surface area contributed by atoms with E-state index < -0.39 is 0 Å². The molecule has 0 saturated heterocycles.